The first-order valence-electron chi connectivity index (χ1n) is 9.96. The third-order valence-corrected chi connectivity index (χ3v) is 8.73. The topological polar surface area (TPSA) is 68.3 Å². The monoisotopic (exact) mass is 464 g/mol. The Morgan fingerprint density at radius 3 is 1.06 bits per heavy atom. The summed E-state index contributed by atoms with van der Waals surface area (Å²) in [6.45, 7) is 3.62. The Morgan fingerprint density at radius 2 is 0.719 bits per heavy atom. The molecular weight excluding hydrogens is 440 g/mol. The second-order valence-corrected chi connectivity index (χ2v) is 11.0. The Kier molecular flexibility index (Phi) is 7.28. The largest absolute Gasteiger partial charge is 0.219 e. The minimum absolute atomic E-state index is 0.330. The Balaban J connectivity index is 0.000000182. The highest BCUT2D eigenvalue weighted by Gasteiger charge is 2.20. The fraction of sp³-hybridized carbons (Fsp3) is 0.0769. The van der Waals surface area contributed by atoms with E-state index >= 15 is 0 Å². The summed E-state index contributed by atoms with van der Waals surface area (Å²) >= 11 is 0. The van der Waals surface area contributed by atoms with Crippen LogP contribution < -0.4 is 0 Å². The quantitative estimate of drug-likeness (QED) is 0.391. The standard InChI is InChI=1S/C14H14O2S.C12H10O2S/c1-11-7-3-5-9-13(11)17(15,16)14-10-6-4-8-12(14)2;13-15(14,11-7-3-1-4-8-11)12-9-5-2-6-10-12/h3-10H,1-2H3;1-10H. The molecule has 0 unspecified atom stereocenters. The van der Waals surface area contributed by atoms with Gasteiger partial charge < -0.3 is 0 Å². The zero-order valence-corrected chi connectivity index (χ0v) is 19.5. The Morgan fingerprint density at radius 1 is 0.406 bits per heavy atom. The number of benzene rings is 4. The Hall–Kier alpha value is -3.22. The van der Waals surface area contributed by atoms with Gasteiger partial charge in [0.05, 0.1) is 19.6 Å². The molecule has 0 N–H and O–H groups in total. The average Bonchev–Trinajstić information content (AvgIpc) is 2.81. The molecule has 0 bridgehead atoms. The van der Waals surface area contributed by atoms with E-state index in [1.54, 1.807) is 84.9 Å². The Bertz CT molecular complexity index is 1300. The molecule has 0 aromatic heterocycles. The van der Waals surface area contributed by atoms with Gasteiger partial charge in [-0.3, -0.25) is 0 Å². The summed E-state index contributed by atoms with van der Waals surface area (Å²) in [5.41, 5.74) is 1.55. The van der Waals surface area contributed by atoms with E-state index in [0.717, 1.165) is 11.1 Å². The highest BCUT2D eigenvalue weighted by atomic mass is 32.2. The third-order valence-electron chi connectivity index (χ3n) is 4.87. The van der Waals surface area contributed by atoms with Gasteiger partial charge in [-0.05, 0) is 61.4 Å². The average molecular weight is 465 g/mol. The van der Waals surface area contributed by atoms with Gasteiger partial charge >= 0.3 is 0 Å². The van der Waals surface area contributed by atoms with Crippen LogP contribution in [0.1, 0.15) is 11.1 Å². The first-order chi connectivity index (χ1) is 15.2. The lowest BCUT2D eigenvalue weighted by Crippen LogP contribution is -2.05. The van der Waals surface area contributed by atoms with Gasteiger partial charge in [-0.2, -0.15) is 0 Å². The van der Waals surface area contributed by atoms with Crippen molar-refractivity contribution >= 4 is 19.7 Å². The summed E-state index contributed by atoms with van der Waals surface area (Å²) in [5, 5.41) is 0. The molecule has 164 valence electrons. The molecule has 0 heterocycles. The van der Waals surface area contributed by atoms with Crippen LogP contribution in [0.15, 0.2) is 129 Å². The molecule has 0 aliphatic heterocycles. The lowest BCUT2D eigenvalue weighted by atomic mass is 10.2. The van der Waals surface area contributed by atoms with E-state index in [1.807, 2.05) is 38.1 Å². The van der Waals surface area contributed by atoms with Gasteiger partial charge in [0.2, 0.25) is 19.7 Å². The summed E-state index contributed by atoms with van der Waals surface area (Å²) in [4.78, 5) is 1.43. The molecule has 0 spiro atoms. The second-order valence-electron chi connectivity index (χ2n) is 7.16. The fourth-order valence-corrected chi connectivity index (χ4v) is 6.21. The van der Waals surface area contributed by atoms with E-state index in [0.29, 0.717) is 19.6 Å². The van der Waals surface area contributed by atoms with Crippen molar-refractivity contribution in [3.63, 3.8) is 0 Å². The predicted octanol–water partition coefficient (Wildman–Crippen LogP) is 5.66. The molecule has 0 saturated heterocycles. The van der Waals surface area contributed by atoms with Crippen LogP contribution in [0.5, 0.6) is 0 Å². The molecule has 0 atom stereocenters. The third kappa shape index (κ3) is 5.15. The van der Waals surface area contributed by atoms with Crippen molar-refractivity contribution in [3.05, 3.63) is 120 Å². The van der Waals surface area contributed by atoms with Crippen LogP contribution in [0.4, 0.5) is 0 Å². The van der Waals surface area contributed by atoms with Gasteiger partial charge in [0.1, 0.15) is 0 Å². The summed E-state index contributed by atoms with van der Waals surface area (Å²) < 4.78 is 49.0. The van der Waals surface area contributed by atoms with Crippen LogP contribution in [0, 0.1) is 13.8 Å². The molecular formula is C26H24O4S2. The smallest absolute Gasteiger partial charge is 0.207 e. The molecule has 0 aliphatic carbocycles. The summed E-state index contributed by atoms with van der Waals surface area (Å²) in [6.07, 6.45) is 0. The van der Waals surface area contributed by atoms with Crippen LogP contribution in [-0.2, 0) is 19.7 Å². The lowest BCUT2D eigenvalue weighted by molar-refractivity contribution is 0.593. The van der Waals surface area contributed by atoms with E-state index in [4.69, 9.17) is 0 Å². The normalized spacial score (nSPS) is 11.3. The molecule has 4 aromatic carbocycles. The molecule has 0 radical (unpaired) electrons. The maximum Gasteiger partial charge on any atom is 0.207 e. The van der Waals surface area contributed by atoms with E-state index in [-0.39, 0.29) is 0 Å². The van der Waals surface area contributed by atoms with Crippen molar-refractivity contribution in [2.45, 2.75) is 33.4 Å². The molecule has 32 heavy (non-hydrogen) atoms. The van der Waals surface area contributed by atoms with E-state index in [2.05, 4.69) is 0 Å². The van der Waals surface area contributed by atoms with Crippen molar-refractivity contribution in [1.82, 2.24) is 0 Å². The van der Waals surface area contributed by atoms with Gasteiger partial charge in [0.15, 0.2) is 0 Å². The van der Waals surface area contributed by atoms with Crippen molar-refractivity contribution in [1.29, 1.82) is 0 Å². The zero-order chi connectivity index (χ0) is 23.2. The number of hydrogen-bond acceptors (Lipinski definition) is 4. The first-order valence-corrected chi connectivity index (χ1v) is 12.9. The molecule has 4 rings (SSSR count). The number of hydrogen-bond donors (Lipinski definition) is 0. The van der Waals surface area contributed by atoms with Gasteiger partial charge in [-0.25, -0.2) is 16.8 Å². The van der Waals surface area contributed by atoms with Crippen LogP contribution >= 0.6 is 0 Å². The van der Waals surface area contributed by atoms with Gasteiger partial charge in [0.25, 0.3) is 0 Å². The number of rotatable bonds is 4. The van der Waals surface area contributed by atoms with Crippen molar-refractivity contribution in [2.24, 2.45) is 0 Å². The van der Waals surface area contributed by atoms with Crippen LogP contribution in [0.2, 0.25) is 0 Å². The van der Waals surface area contributed by atoms with E-state index < -0.39 is 19.7 Å². The number of sulfone groups is 2. The van der Waals surface area contributed by atoms with E-state index in [1.165, 1.54) is 0 Å². The van der Waals surface area contributed by atoms with E-state index in [9.17, 15) is 16.8 Å². The minimum Gasteiger partial charge on any atom is -0.219 e. The highest BCUT2D eigenvalue weighted by Crippen LogP contribution is 2.25. The predicted molar refractivity (Wildman–Crippen MR) is 126 cm³/mol. The van der Waals surface area contributed by atoms with Gasteiger partial charge in [0, 0.05) is 0 Å². The molecule has 6 heteroatoms. The maximum absolute atomic E-state index is 12.5. The van der Waals surface area contributed by atoms with Gasteiger partial charge in [-0.1, -0.05) is 72.8 Å². The molecule has 4 nitrogen and oxygen atoms in total. The van der Waals surface area contributed by atoms with Crippen LogP contribution in [-0.4, -0.2) is 16.8 Å². The molecule has 0 amide bonds. The highest BCUT2D eigenvalue weighted by molar-refractivity contribution is 7.91. The fourth-order valence-electron chi connectivity index (χ4n) is 3.17. The Labute approximate surface area is 190 Å². The molecule has 0 aliphatic rings. The lowest BCUT2D eigenvalue weighted by Gasteiger charge is -2.09. The van der Waals surface area contributed by atoms with Crippen molar-refractivity contribution < 1.29 is 16.8 Å². The van der Waals surface area contributed by atoms with Crippen LogP contribution in [0.3, 0.4) is 0 Å². The molecule has 0 saturated carbocycles. The number of aryl methyl sites for hydroxylation is 2. The van der Waals surface area contributed by atoms with Crippen LogP contribution in [0.25, 0.3) is 0 Å². The van der Waals surface area contributed by atoms with Gasteiger partial charge in [-0.15, -0.1) is 0 Å². The maximum atomic E-state index is 12.5. The first kappa shape index (κ1) is 23.4. The minimum atomic E-state index is -3.40. The van der Waals surface area contributed by atoms with Crippen molar-refractivity contribution in [2.75, 3.05) is 0 Å². The summed E-state index contributed by atoms with van der Waals surface area (Å²) in [7, 11) is -6.74. The second kappa shape index (κ2) is 9.94. The summed E-state index contributed by atoms with van der Waals surface area (Å²) in [6, 6.07) is 31.0. The van der Waals surface area contributed by atoms with Crippen molar-refractivity contribution in [3.8, 4) is 0 Å². The molecule has 4 aromatic rings. The summed E-state index contributed by atoms with van der Waals surface area (Å²) in [5.74, 6) is 0. The SMILES string of the molecule is Cc1ccccc1S(=O)(=O)c1ccccc1C.O=S(=O)(c1ccccc1)c1ccccc1. The molecule has 0 fully saturated rings. The zero-order valence-electron chi connectivity index (χ0n) is 17.8.